The zero-order chi connectivity index (χ0) is 19.8. The number of carbonyl (C=O) groups is 1. The molecule has 7 nitrogen and oxygen atoms in total. The van der Waals surface area contributed by atoms with Crippen LogP contribution in [0.25, 0.3) is 5.65 Å². The number of nitrogens with zero attached hydrogens (tertiary/aromatic N) is 6. The molecule has 8 heteroatoms. The number of fused-ring (bicyclic) bond motifs is 1. The summed E-state index contributed by atoms with van der Waals surface area (Å²) in [5.74, 6) is 0.991. The Kier molecular flexibility index (Phi) is 4.93. The van der Waals surface area contributed by atoms with Crippen molar-refractivity contribution in [1.82, 2.24) is 24.7 Å². The smallest absolute Gasteiger partial charge is 0.227 e. The topological polar surface area (TPSA) is 66.6 Å². The molecule has 0 spiro atoms. The van der Waals surface area contributed by atoms with Crippen LogP contribution in [0, 0.1) is 6.92 Å². The van der Waals surface area contributed by atoms with Crippen molar-refractivity contribution in [3.8, 4) is 0 Å². The Hall–Kier alpha value is -2.67. The van der Waals surface area contributed by atoms with Gasteiger partial charge in [0.05, 0.1) is 6.42 Å². The summed E-state index contributed by atoms with van der Waals surface area (Å²) in [5, 5.41) is 13.2. The van der Waals surface area contributed by atoms with E-state index in [-0.39, 0.29) is 18.0 Å². The van der Waals surface area contributed by atoms with Gasteiger partial charge in [-0.25, -0.2) is 0 Å². The van der Waals surface area contributed by atoms with Gasteiger partial charge in [-0.2, -0.15) is 4.52 Å². The normalized spacial score (nSPS) is 20.0. The van der Waals surface area contributed by atoms with Crippen LogP contribution in [0.1, 0.15) is 25.0 Å². The highest BCUT2D eigenvalue weighted by Crippen LogP contribution is 2.24. The molecular weight excluding hydrogens is 376 g/mol. The van der Waals surface area contributed by atoms with Crippen molar-refractivity contribution < 1.29 is 4.79 Å². The summed E-state index contributed by atoms with van der Waals surface area (Å²) in [4.78, 5) is 17.1. The van der Waals surface area contributed by atoms with Crippen LogP contribution in [0.4, 0.5) is 5.82 Å². The summed E-state index contributed by atoms with van der Waals surface area (Å²) in [7, 11) is 0. The summed E-state index contributed by atoms with van der Waals surface area (Å²) in [5.41, 5.74) is 2.68. The number of piperazine rings is 1. The number of rotatable bonds is 3. The predicted octanol–water partition coefficient (Wildman–Crippen LogP) is 2.75. The van der Waals surface area contributed by atoms with Crippen LogP contribution in [0.15, 0.2) is 36.7 Å². The Bertz CT molecular complexity index is 1010. The van der Waals surface area contributed by atoms with E-state index in [9.17, 15) is 4.79 Å². The minimum atomic E-state index is 0.125. The molecular formula is C20H23ClN6O. The number of halogens is 1. The number of amides is 1. The van der Waals surface area contributed by atoms with Crippen molar-refractivity contribution in [3.63, 3.8) is 0 Å². The second kappa shape index (κ2) is 7.39. The molecule has 0 N–H and O–H groups in total. The number of carbonyl (C=O) groups excluding carboxylic acids is 1. The average Bonchev–Trinajstić information content (AvgIpc) is 3.12. The lowest BCUT2D eigenvalue weighted by Crippen LogP contribution is -2.58. The van der Waals surface area contributed by atoms with Crippen LogP contribution in [0.5, 0.6) is 0 Å². The SMILES string of the molecule is Cc1ccc(CC(=O)N2CC(C)N(c3ccc4nncn4n3)C(C)C2)cc1Cl. The maximum absolute atomic E-state index is 12.9. The van der Waals surface area contributed by atoms with E-state index < -0.39 is 0 Å². The van der Waals surface area contributed by atoms with Gasteiger partial charge in [0, 0.05) is 30.2 Å². The van der Waals surface area contributed by atoms with Gasteiger partial charge in [0.25, 0.3) is 0 Å². The first-order valence-corrected chi connectivity index (χ1v) is 9.78. The Morgan fingerprint density at radius 2 is 1.93 bits per heavy atom. The number of benzene rings is 1. The molecule has 0 aliphatic carbocycles. The fraction of sp³-hybridized carbons (Fsp3) is 0.400. The molecule has 0 radical (unpaired) electrons. The van der Waals surface area contributed by atoms with Crippen molar-refractivity contribution in [3.05, 3.63) is 52.8 Å². The van der Waals surface area contributed by atoms with Crippen molar-refractivity contribution in [1.29, 1.82) is 0 Å². The Morgan fingerprint density at radius 3 is 2.64 bits per heavy atom. The van der Waals surface area contributed by atoms with E-state index >= 15 is 0 Å². The van der Waals surface area contributed by atoms with E-state index in [1.807, 2.05) is 42.2 Å². The van der Waals surface area contributed by atoms with Crippen LogP contribution >= 0.6 is 11.6 Å². The number of hydrogen-bond acceptors (Lipinski definition) is 5. The lowest BCUT2D eigenvalue weighted by Gasteiger charge is -2.45. The summed E-state index contributed by atoms with van der Waals surface area (Å²) < 4.78 is 1.67. The molecule has 0 saturated carbocycles. The zero-order valence-electron chi connectivity index (χ0n) is 16.2. The lowest BCUT2D eigenvalue weighted by atomic mass is 10.1. The standard InChI is InChI=1S/C20H23ClN6O/c1-13-4-5-16(8-17(13)21)9-20(28)25-10-14(2)27(15(3)11-25)19-7-6-18-23-22-12-26(18)24-19/h4-8,12,14-15H,9-11H2,1-3H3. The number of hydrogen-bond donors (Lipinski definition) is 0. The minimum Gasteiger partial charge on any atom is -0.346 e. The molecule has 3 aromatic rings. The van der Waals surface area contributed by atoms with Gasteiger partial charge < -0.3 is 9.80 Å². The monoisotopic (exact) mass is 398 g/mol. The van der Waals surface area contributed by atoms with Crippen LogP contribution in [-0.4, -0.2) is 55.8 Å². The molecule has 28 heavy (non-hydrogen) atoms. The summed E-state index contributed by atoms with van der Waals surface area (Å²) in [6.45, 7) is 7.52. The van der Waals surface area contributed by atoms with E-state index in [0.29, 0.717) is 24.5 Å². The molecule has 1 amide bonds. The van der Waals surface area contributed by atoms with Gasteiger partial charge in [-0.15, -0.1) is 15.3 Å². The minimum absolute atomic E-state index is 0.125. The number of anilines is 1. The fourth-order valence-corrected chi connectivity index (χ4v) is 4.07. The third-order valence-corrected chi connectivity index (χ3v) is 5.68. The van der Waals surface area contributed by atoms with E-state index in [1.54, 1.807) is 10.8 Å². The third kappa shape index (κ3) is 3.54. The van der Waals surface area contributed by atoms with E-state index in [1.165, 1.54) is 0 Å². The highest BCUT2D eigenvalue weighted by molar-refractivity contribution is 6.31. The van der Waals surface area contributed by atoms with Gasteiger partial charge in [0.15, 0.2) is 5.65 Å². The molecule has 2 atom stereocenters. The number of aromatic nitrogens is 4. The molecule has 1 aliphatic heterocycles. The Morgan fingerprint density at radius 1 is 1.18 bits per heavy atom. The first-order chi connectivity index (χ1) is 13.4. The quantitative estimate of drug-likeness (QED) is 0.678. The van der Waals surface area contributed by atoms with Crippen LogP contribution in [0.3, 0.4) is 0 Å². The van der Waals surface area contributed by atoms with Gasteiger partial charge in [0.2, 0.25) is 5.91 Å². The zero-order valence-corrected chi connectivity index (χ0v) is 17.0. The average molecular weight is 399 g/mol. The van der Waals surface area contributed by atoms with Crippen LogP contribution in [0.2, 0.25) is 5.02 Å². The van der Waals surface area contributed by atoms with E-state index in [0.717, 1.165) is 22.6 Å². The summed E-state index contributed by atoms with van der Waals surface area (Å²) in [6, 6.07) is 9.99. The first kappa shape index (κ1) is 18.7. The van der Waals surface area contributed by atoms with Crippen LogP contribution in [-0.2, 0) is 11.2 Å². The molecule has 1 saturated heterocycles. The van der Waals surface area contributed by atoms with Crippen molar-refractivity contribution >= 4 is 29.0 Å². The Labute approximate surface area is 168 Å². The fourth-order valence-electron chi connectivity index (χ4n) is 3.87. The molecule has 1 aliphatic rings. The highest BCUT2D eigenvalue weighted by Gasteiger charge is 2.32. The van der Waals surface area contributed by atoms with Crippen molar-refractivity contribution in [2.24, 2.45) is 0 Å². The van der Waals surface area contributed by atoms with Gasteiger partial charge >= 0.3 is 0 Å². The third-order valence-electron chi connectivity index (χ3n) is 5.28. The lowest BCUT2D eigenvalue weighted by molar-refractivity contribution is -0.131. The summed E-state index contributed by atoms with van der Waals surface area (Å²) >= 11 is 6.20. The van der Waals surface area contributed by atoms with Gasteiger partial charge in [-0.1, -0.05) is 23.7 Å². The molecule has 0 bridgehead atoms. The van der Waals surface area contributed by atoms with Gasteiger partial charge in [0.1, 0.15) is 12.1 Å². The van der Waals surface area contributed by atoms with Gasteiger partial charge in [-0.3, -0.25) is 4.79 Å². The molecule has 1 aromatic carbocycles. The molecule has 146 valence electrons. The molecule has 3 heterocycles. The maximum atomic E-state index is 12.9. The van der Waals surface area contributed by atoms with Crippen molar-refractivity contribution in [2.45, 2.75) is 39.3 Å². The van der Waals surface area contributed by atoms with E-state index in [4.69, 9.17) is 11.6 Å². The maximum Gasteiger partial charge on any atom is 0.227 e. The molecule has 4 rings (SSSR count). The summed E-state index contributed by atoms with van der Waals surface area (Å²) in [6.07, 6.45) is 1.96. The predicted molar refractivity (Wildman–Crippen MR) is 109 cm³/mol. The van der Waals surface area contributed by atoms with Gasteiger partial charge in [-0.05, 0) is 50.1 Å². The molecule has 2 unspecified atom stereocenters. The largest absolute Gasteiger partial charge is 0.346 e. The van der Waals surface area contributed by atoms with Crippen molar-refractivity contribution in [2.75, 3.05) is 18.0 Å². The second-order valence-corrected chi connectivity index (χ2v) is 7.90. The second-order valence-electron chi connectivity index (χ2n) is 7.49. The van der Waals surface area contributed by atoms with E-state index in [2.05, 4.69) is 34.0 Å². The Balaban J connectivity index is 1.48. The number of aryl methyl sites for hydroxylation is 1. The first-order valence-electron chi connectivity index (χ1n) is 9.40. The molecule has 2 aromatic heterocycles. The highest BCUT2D eigenvalue weighted by atomic mass is 35.5. The molecule has 1 fully saturated rings. The van der Waals surface area contributed by atoms with Crippen LogP contribution < -0.4 is 4.90 Å².